The Morgan fingerprint density at radius 1 is 1.07 bits per heavy atom. The molecule has 0 aromatic heterocycles. The van der Waals surface area contributed by atoms with Crippen molar-refractivity contribution in [1.29, 1.82) is 0 Å². The fourth-order valence-electron chi connectivity index (χ4n) is 4.50. The summed E-state index contributed by atoms with van der Waals surface area (Å²) in [6.45, 7) is 2.59. The van der Waals surface area contributed by atoms with Crippen LogP contribution in [0.15, 0.2) is 65.6 Å². The van der Waals surface area contributed by atoms with Gasteiger partial charge in [-0.2, -0.15) is 4.31 Å². The number of halogens is 3. The van der Waals surface area contributed by atoms with Crippen molar-refractivity contribution in [3.05, 3.63) is 71.8 Å². The Hall–Kier alpha value is -3.77. The Kier molecular flexibility index (Phi) is 8.04. The normalized spacial score (nSPS) is 14.8. The van der Waals surface area contributed by atoms with E-state index < -0.39 is 46.8 Å². The first kappa shape index (κ1) is 29.2. The highest BCUT2D eigenvalue weighted by atomic mass is 32.2. The van der Waals surface area contributed by atoms with Crippen molar-refractivity contribution in [1.82, 2.24) is 4.31 Å². The maximum absolute atomic E-state index is 13.7. The highest BCUT2D eigenvalue weighted by Crippen LogP contribution is 2.38. The molecule has 214 valence electrons. The number of carbonyl (C=O) groups is 1. The van der Waals surface area contributed by atoms with E-state index in [1.54, 1.807) is 6.07 Å². The third kappa shape index (κ3) is 6.68. The molecule has 4 rings (SSSR count). The van der Waals surface area contributed by atoms with Gasteiger partial charge in [0.1, 0.15) is 29.4 Å². The zero-order valence-corrected chi connectivity index (χ0v) is 22.8. The molecule has 8 nitrogen and oxygen atoms in total. The number of nitrogens with zero attached hydrogens (tertiary/aromatic N) is 1. The molecule has 0 unspecified atom stereocenters. The first-order chi connectivity index (χ1) is 18.7. The van der Waals surface area contributed by atoms with E-state index in [4.69, 9.17) is 9.47 Å². The van der Waals surface area contributed by atoms with E-state index in [1.165, 1.54) is 55.6 Å². The summed E-state index contributed by atoms with van der Waals surface area (Å²) in [4.78, 5) is 11.6. The van der Waals surface area contributed by atoms with Crippen LogP contribution in [0.3, 0.4) is 0 Å². The summed E-state index contributed by atoms with van der Waals surface area (Å²) in [5.74, 6) is -1.04. The predicted octanol–water partition coefficient (Wildman–Crippen LogP) is 5.64. The summed E-state index contributed by atoms with van der Waals surface area (Å²) in [6.07, 6.45) is -3.67. The number of hydrogen-bond donors (Lipinski definition) is 1. The van der Waals surface area contributed by atoms with E-state index in [1.807, 2.05) is 13.8 Å². The van der Waals surface area contributed by atoms with Gasteiger partial charge in [0.25, 0.3) is 0 Å². The van der Waals surface area contributed by atoms with E-state index >= 15 is 0 Å². The van der Waals surface area contributed by atoms with E-state index in [-0.39, 0.29) is 27.3 Å². The second kappa shape index (κ2) is 11.0. The monoisotopic (exact) mass is 579 g/mol. The van der Waals surface area contributed by atoms with Crippen molar-refractivity contribution in [2.45, 2.75) is 50.1 Å². The topological polar surface area (TPSA) is 102 Å². The molecule has 0 amide bonds. The number of hydrogen-bond acceptors (Lipinski definition) is 6. The Bertz CT molecular complexity index is 1520. The molecule has 12 heteroatoms. The maximum Gasteiger partial charge on any atom is 0.573 e. The number of aryl methyl sites for hydroxylation is 1. The minimum absolute atomic E-state index is 0.102. The van der Waals surface area contributed by atoms with E-state index in [9.17, 15) is 31.5 Å². The third-order valence-electron chi connectivity index (χ3n) is 6.41. The molecule has 0 aliphatic carbocycles. The molecular formula is C28H28F3NO7S. The van der Waals surface area contributed by atoms with Crippen LogP contribution in [0.5, 0.6) is 17.2 Å². The van der Waals surface area contributed by atoms with E-state index in [0.717, 1.165) is 10.4 Å². The fourth-order valence-corrected chi connectivity index (χ4v) is 5.92. The average Bonchev–Trinajstić information content (AvgIpc) is 2.86. The van der Waals surface area contributed by atoms with Crippen molar-refractivity contribution >= 4 is 16.0 Å². The summed E-state index contributed by atoms with van der Waals surface area (Å²) in [6, 6.07) is 14.3. The Labute approximate surface area is 230 Å². The average molecular weight is 580 g/mol. The minimum atomic E-state index is -4.92. The number of para-hydroxylation sites is 1. The van der Waals surface area contributed by atoms with Crippen LogP contribution in [-0.2, 0) is 27.8 Å². The molecule has 1 heterocycles. The largest absolute Gasteiger partial charge is 0.573 e. The molecule has 0 radical (unpaired) electrons. The third-order valence-corrected chi connectivity index (χ3v) is 8.20. The lowest BCUT2D eigenvalue weighted by Gasteiger charge is -2.33. The number of benzene rings is 3. The highest BCUT2D eigenvalue weighted by molar-refractivity contribution is 7.89. The standard InChI is InChI=1S/C28H28F3NO7S/c1-27(2)13-12-19-15-21(9-11-24(19)38-27)40(35,36)32(17-26(33)34)16-20-14-18(8-10-23(20)37-3)22-6-4-5-7-25(22)39-28(29,30)31/h4-11,14-15H,12-13,16-17H2,1-3H3,(H,33,34). The van der Waals surface area contributed by atoms with Gasteiger partial charge in [0.15, 0.2) is 0 Å². The lowest BCUT2D eigenvalue weighted by molar-refractivity contribution is -0.274. The van der Waals surface area contributed by atoms with Gasteiger partial charge in [0.05, 0.1) is 12.0 Å². The fraction of sp³-hybridized carbons (Fsp3) is 0.321. The van der Waals surface area contributed by atoms with Crippen molar-refractivity contribution in [3.8, 4) is 28.4 Å². The molecule has 0 saturated carbocycles. The SMILES string of the molecule is COc1ccc(-c2ccccc2OC(F)(F)F)cc1CN(CC(=O)O)S(=O)(=O)c1ccc2c(c1)CCC(C)(C)O2. The number of aliphatic carboxylic acids is 1. The van der Waals surface area contributed by atoms with Crippen LogP contribution in [-0.4, -0.2) is 49.4 Å². The lowest BCUT2D eigenvalue weighted by atomic mass is 9.94. The minimum Gasteiger partial charge on any atom is -0.496 e. The van der Waals surface area contributed by atoms with Crippen LogP contribution in [0, 0.1) is 0 Å². The molecule has 0 spiro atoms. The van der Waals surface area contributed by atoms with Gasteiger partial charge in [-0.3, -0.25) is 4.79 Å². The van der Waals surface area contributed by atoms with Gasteiger partial charge in [0, 0.05) is 17.7 Å². The second-order valence-corrected chi connectivity index (χ2v) is 11.8. The van der Waals surface area contributed by atoms with Gasteiger partial charge in [0.2, 0.25) is 10.0 Å². The van der Waals surface area contributed by atoms with Gasteiger partial charge < -0.3 is 19.3 Å². The van der Waals surface area contributed by atoms with Gasteiger partial charge in [-0.1, -0.05) is 24.3 Å². The number of methoxy groups -OCH3 is 1. The van der Waals surface area contributed by atoms with E-state index in [2.05, 4.69) is 4.74 Å². The number of rotatable bonds is 9. The molecule has 1 aliphatic heterocycles. The summed E-state index contributed by atoms with van der Waals surface area (Å²) in [7, 11) is -2.98. The number of carboxylic acid groups (broad SMARTS) is 1. The number of sulfonamides is 1. The number of carboxylic acids is 1. The molecule has 0 fully saturated rings. The maximum atomic E-state index is 13.7. The van der Waals surface area contributed by atoms with Crippen LogP contribution in [0.1, 0.15) is 31.4 Å². The molecule has 3 aromatic carbocycles. The van der Waals surface area contributed by atoms with Gasteiger partial charge in [-0.05, 0) is 74.2 Å². The van der Waals surface area contributed by atoms with Gasteiger partial charge in [-0.15, -0.1) is 13.2 Å². The summed E-state index contributed by atoms with van der Waals surface area (Å²) in [5, 5.41) is 9.55. The van der Waals surface area contributed by atoms with Crippen LogP contribution in [0.2, 0.25) is 0 Å². The molecule has 1 N–H and O–H groups in total. The summed E-state index contributed by atoms with van der Waals surface area (Å²) >= 11 is 0. The van der Waals surface area contributed by atoms with Crippen molar-refractivity contribution in [2.24, 2.45) is 0 Å². The first-order valence-electron chi connectivity index (χ1n) is 12.2. The summed E-state index contributed by atoms with van der Waals surface area (Å²) in [5.41, 5.74) is 0.936. The smallest absolute Gasteiger partial charge is 0.496 e. The van der Waals surface area contributed by atoms with Crippen molar-refractivity contribution in [2.75, 3.05) is 13.7 Å². The number of fused-ring (bicyclic) bond motifs is 1. The van der Waals surface area contributed by atoms with Crippen LogP contribution in [0.25, 0.3) is 11.1 Å². The Morgan fingerprint density at radius 3 is 2.48 bits per heavy atom. The first-order valence-corrected chi connectivity index (χ1v) is 13.7. The molecule has 0 atom stereocenters. The summed E-state index contributed by atoms with van der Waals surface area (Å²) < 4.78 is 82.6. The quantitative estimate of drug-likeness (QED) is 0.350. The Balaban J connectivity index is 1.72. The van der Waals surface area contributed by atoms with Crippen LogP contribution in [0.4, 0.5) is 13.2 Å². The van der Waals surface area contributed by atoms with E-state index in [0.29, 0.717) is 24.2 Å². The molecule has 1 aliphatic rings. The zero-order valence-electron chi connectivity index (χ0n) is 22.0. The van der Waals surface area contributed by atoms with Crippen LogP contribution >= 0.6 is 0 Å². The lowest BCUT2D eigenvalue weighted by Crippen LogP contribution is -2.36. The van der Waals surface area contributed by atoms with Crippen molar-refractivity contribution in [3.63, 3.8) is 0 Å². The zero-order chi connectivity index (χ0) is 29.3. The highest BCUT2D eigenvalue weighted by Gasteiger charge is 2.33. The molecule has 0 saturated heterocycles. The molecule has 3 aromatic rings. The number of alkyl halides is 3. The Morgan fingerprint density at radius 2 is 1.80 bits per heavy atom. The number of ether oxygens (including phenoxy) is 3. The van der Waals surface area contributed by atoms with Crippen LogP contribution < -0.4 is 14.2 Å². The van der Waals surface area contributed by atoms with Crippen molar-refractivity contribution < 1.29 is 45.7 Å². The van der Waals surface area contributed by atoms with Gasteiger partial charge in [-0.25, -0.2) is 8.42 Å². The molecule has 40 heavy (non-hydrogen) atoms. The predicted molar refractivity (Wildman–Crippen MR) is 140 cm³/mol. The molecule has 0 bridgehead atoms. The molecular weight excluding hydrogens is 551 g/mol. The van der Waals surface area contributed by atoms with Gasteiger partial charge >= 0.3 is 12.3 Å². The second-order valence-electron chi connectivity index (χ2n) is 9.87.